The largest absolute Gasteiger partial charge is 0.395 e. The summed E-state index contributed by atoms with van der Waals surface area (Å²) in [5, 5.41) is 9.14. The summed E-state index contributed by atoms with van der Waals surface area (Å²) in [5.74, 6) is 0. The summed E-state index contributed by atoms with van der Waals surface area (Å²) < 4.78 is 0. The molecule has 0 saturated heterocycles. The summed E-state index contributed by atoms with van der Waals surface area (Å²) in [5.41, 5.74) is 3.40. The molecule has 0 atom stereocenters. The van der Waals surface area contributed by atoms with E-state index in [-0.39, 0.29) is 6.61 Å². The molecule has 102 valence electrons. The predicted octanol–water partition coefficient (Wildman–Crippen LogP) is 3.26. The minimum atomic E-state index is 0.161. The van der Waals surface area contributed by atoms with Crippen molar-refractivity contribution in [1.29, 1.82) is 0 Å². The first-order valence-electron chi connectivity index (χ1n) is 6.54. The molecule has 0 aliphatic heterocycles. The molecule has 0 saturated carbocycles. The molecule has 0 spiro atoms. The Morgan fingerprint density at radius 2 is 2.00 bits per heavy atom. The van der Waals surface area contributed by atoms with Gasteiger partial charge in [0.15, 0.2) is 0 Å². The Morgan fingerprint density at radius 1 is 1.32 bits per heavy atom. The lowest BCUT2D eigenvalue weighted by Gasteiger charge is -2.21. The molecular formula is C17H23NO. The van der Waals surface area contributed by atoms with Crippen molar-refractivity contribution in [3.8, 4) is 0 Å². The van der Waals surface area contributed by atoms with E-state index in [1.54, 1.807) is 0 Å². The summed E-state index contributed by atoms with van der Waals surface area (Å²) in [4.78, 5) is 2.19. The molecular weight excluding hydrogens is 234 g/mol. The van der Waals surface area contributed by atoms with Gasteiger partial charge in [0.1, 0.15) is 0 Å². The van der Waals surface area contributed by atoms with Crippen molar-refractivity contribution in [3.05, 3.63) is 66.3 Å². The van der Waals surface area contributed by atoms with Crippen LogP contribution in [0.3, 0.4) is 0 Å². The van der Waals surface area contributed by atoms with E-state index in [9.17, 15) is 0 Å². The number of allylic oxidation sites excluding steroid dienone is 1. The minimum absolute atomic E-state index is 0.161. The normalized spacial score (nSPS) is 11.1. The summed E-state index contributed by atoms with van der Waals surface area (Å²) in [6, 6.07) is 8.31. The molecule has 1 aromatic rings. The molecule has 0 aliphatic rings. The average Bonchev–Trinajstić information content (AvgIpc) is 2.40. The van der Waals surface area contributed by atoms with Gasteiger partial charge < -0.3 is 5.11 Å². The summed E-state index contributed by atoms with van der Waals surface area (Å²) in [6.45, 7) is 12.1. The molecule has 2 nitrogen and oxygen atoms in total. The van der Waals surface area contributed by atoms with E-state index in [1.165, 1.54) is 5.56 Å². The predicted molar refractivity (Wildman–Crippen MR) is 82.8 cm³/mol. The van der Waals surface area contributed by atoms with Crippen molar-refractivity contribution >= 4 is 6.08 Å². The first-order valence-corrected chi connectivity index (χ1v) is 6.54. The Hall–Kier alpha value is -1.64. The van der Waals surface area contributed by atoms with E-state index in [0.717, 1.165) is 24.2 Å². The first kappa shape index (κ1) is 15.4. The second-order valence-corrected chi connectivity index (χ2v) is 4.54. The van der Waals surface area contributed by atoms with Crippen LogP contribution in [-0.2, 0) is 6.54 Å². The summed E-state index contributed by atoms with van der Waals surface area (Å²) in [7, 11) is 0. The fourth-order valence-corrected chi connectivity index (χ4v) is 1.95. The average molecular weight is 257 g/mol. The van der Waals surface area contributed by atoms with Crippen LogP contribution < -0.4 is 0 Å². The molecule has 0 bridgehead atoms. The van der Waals surface area contributed by atoms with Crippen molar-refractivity contribution in [1.82, 2.24) is 4.90 Å². The Bertz CT molecular complexity index is 431. The number of aliphatic hydroxyl groups excluding tert-OH is 1. The third-order valence-electron chi connectivity index (χ3n) is 2.87. The molecule has 2 heteroatoms. The second-order valence-electron chi connectivity index (χ2n) is 4.54. The van der Waals surface area contributed by atoms with Gasteiger partial charge in [-0.3, -0.25) is 4.90 Å². The number of hydrogen-bond donors (Lipinski definition) is 1. The van der Waals surface area contributed by atoms with Gasteiger partial charge in [-0.2, -0.15) is 0 Å². The standard InChI is InChI=1S/C17H23NO/c1-4-6-15(3)13-18(11-12-19)14-17-9-7-16(5-2)8-10-17/h4-10,19H,2-3,11-14H2,1H3/b6-4-. The van der Waals surface area contributed by atoms with Crippen LogP contribution in [0.25, 0.3) is 6.08 Å². The van der Waals surface area contributed by atoms with Crippen molar-refractivity contribution in [2.75, 3.05) is 19.7 Å². The van der Waals surface area contributed by atoms with Gasteiger partial charge in [-0.05, 0) is 23.6 Å². The molecule has 19 heavy (non-hydrogen) atoms. The maximum atomic E-state index is 9.14. The third-order valence-corrected chi connectivity index (χ3v) is 2.87. The highest BCUT2D eigenvalue weighted by Crippen LogP contribution is 2.10. The van der Waals surface area contributed by atoms with Gasteiger partial charge in [-0.15, -0.1) is 0 Å². The molecule has 0 heterocycles. The third kappa shape index (κ3) is 5.69. The Kier molecular flexibility index (Phi) is 6.86. The van der Waals surface area contributed by atoms with Gasteiger partial charge >= 0.3 is 0 Å². The molecule has 0 fully saturated rings. The zero-order valence-corrected chi connectivity index (χ0v) is 11.7. The smallest absolute Gasteiger partial charge is 0.0558 e. The highest BCUT2D eigenvalue weighted by molar-refractivity contribution is 5.47. The molecule has 0 unspecified atom stereocenters. The number of benzene rings is 1. The maximum absolute atomic E-state index is 9.14. The molecule has 0 radical (unpaired) electrons. The molecule has 1 aromatic carbocycles. The molecule has 1 N–H and O–H groups in total. The quantitative estimate of drug-likeness (QED) is 0.723. The zero-order chi connectivity index (χ0) is 14.1. The Balaban J connectivity index is 2.65. The van der Waals surface area contributed by atoms with Crippen LogP contribution in [0, 0.1) is 0 Å². The van der Waals surface area contributed by atoms with Crippen molar-refractivity contribution in [2.24, 2.45) is 0 Å². The van der Waals surface area contributed by atoms with E-state index >= 15 is 0 Å². The van der Waals surface area contributed by atoms with Crippen LogP contribution in [0.2, 0.25) is 0 Å². The van der Waals surface area contributed by atoms with E-state index in [2.05, 4.69) is 42.3 Å². The van der Waals surface area contributed by atoms with Crippen LogP contribution in [0.5, 0.6) is 0 Å². The fraction of sp³-hybridized carbons (Fsp3) is 0.294. The molecule has 0 aromatic heterocycles. The Morgan fingerprint density at radius 3 is 2.53 bits per heavy atom. The van der Waals surface area contributed by atoms with E-state index in [0.29, 0.717) is 6.54 Å². The van der Waals surface area contributed by atoms with Gasteiger partial charge in [0.2, 0.25) is 0 Å². The van der Waals surface area contributed by atoms with Crippen LogP contribution in [0.4, 0.5) is 0 Å². The fourth-order valence-electron chi connectivity index (χ4n) is 1.95. The van der Waals surface area contributed by atoms with Crippen LogP contribution >= 0.6 is 0 Å². The lowest BCUT2D eigenvalue weighted by atomic mass is 10.1. The van der Waals surface area contributed by atoms with Gasteiger partial charge in [0.25, 0.3) is 0 Å². The summed E-state index contributed by atoms with van der Waals surface area (Å²) >= 11 is 0. The monoisotopic (exact) mass is 257 g/mol. The number of rotatable bonds is 8. The van der Waals surface area contributed by atoms with E-state index in [1.807, 2.05) is 25.2 Å². The number of hydrogen-bond acceptors (Lipinski definition) is 2. The summed E-state index contributed by atoms with van der Waals surface area (Å²) in [6.07, 6.45) is 5.83. The van der Waals surface area contributed by atoms with E-state index in [4.69, 9.17) is 5.11 Å². The zero-order valence-electron chi connectivity index (χ0n) is 11.7. The Labute approximate surface area is 116 Å². The lowest BCUT2D eigenvalue weighted by molar-refractivity contribution is 0.201. The molecule has 0 amide bonds. The number of nitrogens with zero attached hydrogens (tertiary/aromatic N) is 1. The maximum Gasteiger partial charge on any atom is 0.0558 e. The topological polar surface area (TPSA) is 23.5 Å². The van der Waals surface area contributed by atoms with Crippen LogP contribution in [0.15, 0.2) is 55.1 Å². The van der Waals surface area contributed by atoms with Gasteiger partial charge in [-0.25, -0.2) is 0 Å². The van der Waals surface area contributed by atoms with Crippen molar-refractivity contribution < 1.29 is 5.11 Å². The molecule has 0 aliphatic carbocycles. The van der Waals surface area contributed by atoms with Crippen molar-refractivity contribution in [2.45, 2.75) is 13.5 Å². The highest BCUT2D eigenvalue weighted by atomic mass is 16.3. The lowest BCUT2D eigenvalue weighted by Crippen LogP contribution is -2.28. The first-order chi connectivity index (χ1) is 9.19. The van der Waals surface area contributed by atoms with Gasteiger partial charge in [0.05, 0.1) is 6.61 Å². The SMILES string of the molecule is C=Cc1ccc(CN(CCO)CC(=C)/C=C\C)cc1. The highest BCUT2D eigenvalue weighted by Gasteiger charge is 2.06. The van der Waals surface area contributed by atoms with Crippen LogP contribution in [0.1, 0.15) is 18.1 Å². The molecule has 1 rings (SSSR count). The minimum Gasteiger partial charge on any atom is -0.395 e. The second kappa shape index (κ2) is 8.46. The van der Waals surface area contributed by atoms with Crippen molar-refractivity contribution in [3.63, 3.8) is 0 Å². The van der Waals surface area contributed by atoms with Gasteiger partial charge in [-0.1, -0.05) is 55.7 Å². The van der Waals surface area contributed by atoms with E-state index < -0.39 is 0 Å². The van der Waals surface area contributed by atoms with Crippen LogP contribution in [-0.4, -0.2) is 29.7 Å². The number of aliphatic hydroxyl groups is 1. The van der Waals surface area contributed by atoms with Gasteiger partial charge in [0, 0.05) is 19.6 Å².